The molecule has 1 saturated heterocycles. The number of nitrogens with zero attached hydrogens (tertiary/aromatic N) is 3. The summed E-state index contributed by atoms with van der Waals surface area (Å²) in [5.41, 5.74) is 0.674. The average molecular weight is 350 g/mol. The van der Waals surface area contributed by atoms with Crippen LogP contribution in [0, 0.1) is 0 Å². The second kappa shape index (κ2) is 5.36. The molecule has 2 N–H and O–H groups in total. The van der Waals surface area contributed by atoms with E-state index in [2.05, 4.69) is 5.32 Å². The van der Waals surface area contributed by atoms with Gasteiger partial charge in [0.2, 0.25) is 0 Å². The van der Waals surface area contributed by atoms with E-state index in [1.165, 1.54) is 5.01 Å². The standard InChI is InChI=1S/C16H13F3N4O2/c17-16(18,19)10-5-7-11(8-6-10)21-15(24)14-9-20-12-3-1-2-4-13(12)22(14)23(21)25/h1-8,14,20,25H,9H2. The molecule has 0 aliphatic carbocycles. The molecule has 1 atom stereocenters. The molecule has 0 spiro atoms. The van der Waals surface area contributed by atoms with Gasteiger partial charge in [0.05, 0.1) is 22.6 Å². The first-order chi connectivity index (χ1) is 11.9. The molecule has 2 heterocycles. The highest BCUT2D eigenvalue weighted by molar-refractivity contribution is 6.02. The zero-order valence-electron chi connectivity index (χ0n) is 12.7. The summed E-state index contributed by atoms with van der Waals surface area (Å²) in [6, 6.07) is 10.5. The predicted molar refractivity (Wildman–Crippen MR) is 83.8 cm³/mol. The number of hydrogen-bond acceptors (Lipinski definition) is 5. The van der Waals surface area contributed by atoms with Gasteiger partial charge in [-0.3, -0.25) is 10.0 Å². The lowest BCUT2D eigenvalue weighted by molar-refractivity contribution is -0.137. The van der Waals surface area contributed by atoms with Crippen molar-refractivity contribution in [3.05, 3.63) is 54.1 Å². The molecule has 1 unspecified atom stereocenters. The van der Waals surface area contributed by atoms with Crippen molar-refractivity contribution >= 4 is 23.0 Å². The summed E-state index contributed by atoms with van der Waals surface area (Å²) < 4.78 is 38.1. The molecule has 1 amide bonds. The summed E-state index contributed by atoms with van der Waals surface area (Å²) in [4.78, 5) is 12.7. The SMILES string of the molecule is O=C1C2CNc3ccccc3N2N(O)N1c1ccc(C(F)(F)F)cc1. The number of anilines is 3. The van der Waals surface area contributed by atoms with Gasteiger partial charge in [-0.25, -0.2) is 5.01 Å². The number of alkyl halides is 3. The molecule has 0 saturated carbocycles. The van der Waals surface area contributed by atoms with E-state index >= 15 is 0 Å². The maximum absolute atomic E-state index is 12.7. The average Bonchev–Trinajstić information content (AvgIpc) is 2.85. The van der Waals surface area contributed by atoms with Crippen molar-refractivity contribution in [2.75, 3.05) is 21.9 Å². The minimum absolute atomic E-state index is 0.146. The first kappa shape index (κ1) is 15.7. The van der Waals surface area contributed by atoms with Crippen molar-refractivity contribution in [3.8, 4) is 0 Å². The van der Waals surface area contributed by atoms with Crippen LogP contribution >= 0.6 is 0 Å². The van der Waals surface area contributed by atoms with Crippen LogP contribution in [0.3, 0.4) is 0 Å². The number of para-hydroxylation sites is 2. The highest BCUT2D eigenvalue weighted by atomic mass is 19.4. The summed E-state index contributed by atoms with van der Waals surface area (Å²) in [5, 5.41) is 16.6. The van der Waals surface area contributed by atoms with Crippen molar-refractivity contribution in [2.45, 2.75) is 12.2 Å². The van der Waals surface area contributed by atoms with Crippen LogP contribution in [-0.2, 0) is 11.0 Å². The predicted octanol–water partition coefficient (Wildman–Crippen LogP) is 2.87. The van der Waals surface area contributed by atoms with E-state index in [0.717, 1.165) is 35.0 Å². The minimum atomic E-state index is -4.47. The van der Waals surface area contributed by atoms with Gasteiger partial charge in [-0.2, -0.15) is 18.2 Å². The molecule has 4 rings (SSSR count). The number of hydrazine groups is 2. The molecule has 0 radical (unpaired) electrons. The van der Waals surface area contributed by atoms with Crippen molar-refractivity contribution in [2.24, 2.45) is 0 Å². The number of halogens is 3. The van der Waals surface area contributed by atoms with Crippen molar-refractivity contribution < 1.29 is 23.2 Å². The Kier molecular flexibility index (Phi) is 3.37. The second-order valence-electron chi connectivity index (χ2n) is 5.72. The van der Waals surface area contributed by atoms with Crippen molar-refractivity contribution in [1.82, 2.24) is 5.28 Å². The molecule has 2 aromatic carbocycles. The number of benzene rings is 2. The Balaban J connectivity index is 1.70. The molecule has 130 valence electrons. The number of hydrogen-bond donors (Lipinski definition) is 2. The molecule has 25 heavy (non-hydrogen) atoms. The highest BCUT2D eigenvalue weighted by Crippen LogP contribution is 2.38. The maximum atomic E-state index is 12.7. The third-order valence-electron chi connectivity index (χ3n) is 4.24. The molecule has 2 aromatic rings. The Labute approximate surface area is 140 Å². The van der Waals surface area contributed by atoms with E-state index in [0.29, 0.717) is 11.0 Å². The number of carbonyl (C=O) groups is 1. The molecule has 6 nitrogen and oxygen atoms in total. The van der Waals surface area contributed by atoms with Gasteiger partial charge in [-0.05, 0) is 36.4 Å². The van der Waals surface area contributed by atoms with Crippen LogP contribution in [0.25, 0.3) is 0 Å². The number of amides is 1. The molecular formula is C16H13F3N4O2. The molecule has 0 aromatic heterocycles. The molecule has 2 aliphatic heterocycles. The van der Waals surface area contributed by atoms with E-state index in [9.17, 15) is 23.2 Å². The molecule has 1 fully saturated rings. The van der Waals surface area contributed by atoms with Crippen LogP contribution < -0.4 is 15.3 Å². The zero-order valence-corrected chi connectivity index (χ0v) is 12.7. The molecular weight excluding hydrogens is 337 g/mol. The fourth-order valence-electron chi connectivity index (χ4n) is 3.04. The Morgan fingerprint density at radius 3 is 2.44 bits per heavy atom. The quantitative estimate of drug-likeness (QED) is 0.828. The Hall–Kier alpha value is -2.78. The van der Waals surface area contributed by atoms with Gasteiger partial charge < -0.3 is 5.32 Å². The second-order valence-corrected chi connectivity index (χ2v) is 5.72. The third kappa shape index (κ3) is 2.39. The van der Waals surface area contributed by atoms with E-state index in [1.807, 2.05) is 12.1 Å². The van der Waals surface area contributed by atoms with Gasteiger partial charge in [0.15, 0.2) is 0 Å². The number of carbonyl (C=O) groups excluding carboxylic acids is 1. The number of nitrogens with one attached hydrogen (secondary N) is 1. The summed E-state index contributed by atoms with van der Waals surface area (Å²) in [6.45, 7) is 0.268. The zero-order chi connectivity index (χ0) is 17.8. The lowest BCUT2D eigenvalue weighted by Gasteiger charge is -2.34. The summed E-state index contributed by atoms with van der Waals surface area (Å²) in [6.07, 6.45) is -4.47. The summed E-state index contributed by atoms with van der Waals surface area (Å²) in [5.74, 6) is -0.440. The molecule has 0 bridgehead atoms. The van der Waals surface area contributed by atoms with Crippen molar-refractivity contribution in [1.29, 1.82) is 0 Å². The van der Waals surface area contributed by atoms with Gasteiger partial charge in [0, 0.05) is 11.8 Å². The van der Waals surface area contributed by atoms with E-state index in [1.54, 1.807) is 12.1 Å². The van der Waals surface area contributed by atoms with Crippen LogP contribution in [0.2, 0.25) is 0 Å². The van der Waals surface area contributed by atoms with Crippen LogP contribution in [0.4, 0.5) is 30.2 Å². The van der Waals surface area contributed by atoms with Gasteiger partial charge in [-0.15, -0.1) is 0 Å². The van der Waals surface area contributed by atoms with Gasteiger partial charge >= 0.3 is 6.18 Å². The lowest BCUT2D eigenvalue weighted by atomic mass is 10.1. The largest absolute Gasteiger partial charge is 0.416 e. The molecule has 2 aliphatic rings. The maximum Gasteiger partial charge on any atom is 0.416 e. The Morgan fingerprint density at radius 2 is 1.76 bits per heavy atom. The van der Waals surface area contributed by atoms with Crippen molar-refractivity contribution in [3.63, 3.8) is 0 Å². The summed E-state index contributed by atoms with van der Waals surface area (Å²) >= 11 is 0. The monoisotopic (exact) mass is 350 g/mol. The minimum Gasteiger partial charge on any atom is -0.381 e. The number of rotatable bonds is 1. The summed E-state index contributed by atoms with van der Waals surface area (Å²) in [7, 11) is 0. The fraction of sp³-hybridized carbons (Fsp3) is 0.188. The third-order valence-corrected chi connectivity index (χ3v) is 4.24. The van der Waals surface area contributed by atoms with E-state index in [-0.39, 0.29) is 12.2 Å². The van der Waals surface area contributed by atoms with Gasteiger partial charge in [0.1, 0.15) is 6.04 Å². The van der Waals surface area contributed by atoms with Gasteiger partial charge in [0.25, 0.3) is 5.91 Å². The Morgan fingerprint density at radius 1 is 1.08 bits per heavy atom. The first-order valence-electron chi connectivity index (χ1n) is 7.50. The van der Waals surface area contributed by atoms with Crippen LogP contribution in [0.15, 0.2) is 48.5 Å². The topological polar surface area (TPSA) is 59.1 Å². The van der Waals surface area contributed by atoms with E-state index in [4.69, 9.17) is 0 Å². The van der Waals surface area contributed by atoms with Crippen LogP contribution in [0.1, 0.15) is 5.56 Å². The van der Waals surface area contributed by atoms with Gasteiger partial charge in [-0.1, -0.05) is 12.1 Å². The fourth-order valence-corrected chi connectivity index (χ4v) is 3.04. The normalized spacial score (nSPS) is 20.3. The van der Waals surface area contributed by atoms with Crippen LogP contribution in [0.5, 0.6) is 0 Å². The lowest BCUT2D eigenvalue weighted by Crippen LogP contribution is -2.48. The smallest absolute Gasteiger partial charge is 0.381 e. The van der Waals surface area contributed by atoms with E-state index < -0.39 is 23.7 Å². The number of fused-ring (bicyclic) bond motifs is 3. The molecule has 9 heteroatoms. The Bertz CT molecular complexity index is 825. The first-order valence-corrected chi connectivity index (χ1v) is 7.50. The van der Waals surface area contributed by atoms with Crippen LogP contribution in [-0.4, -0.2) is 29.0 Å². The highest BCUT2D eigenvalue weighted by Gasteiger charge is 2.48.